The maximum absolute atomic E-state index is 12.0. The van der Waals surface area contributed by atoms with Gasteiger partial charge in [0.25, 0.3) is 0 Å². The zero-order valence-corrected chi connectivity index (χ0v) is 16.7. The molecule has 0 aliphatic carbocycles. The zero-order valence-electron chi connectivity index (χ0n) is 14.4. The van der Waals surface area contributed by atoms with E-state index >= 15 is 0 Å². The lowest BCUT2D eigenvalue weighted by atomic mass is 9.99. The first-order valence-corrected chi connectivity index (χ1v) is 9.65. The number of carbonyl (C=O) groups is 1. The number of halogens is 2. The second kappa shape index (κ2) is 8.52. The number of nitrogens with one attached hydrogen (secondary N) is 1. The van der Waals surface area contributed by atoms with Crippen LogP contribution in [0.4, 0.5) is 0 Å². The van der Waals surface area contributed by atoms with Crippen molar-refractivity contribution in [3.8, 4) is 11.4 Å². The van der Waals surface area contributed by atoms with Gasteiger partial charge in [0.1, 0.15) is 0 Å². The predicted octanol–water partition coefficient (Wildman–Crippen LogP) is 4.15. The molecule has 6 nitrogen and oxygen atoms in total. The van der Waals surface area contributed by atoms with Crippen molar-refractivity contribution in [1.29, 1.82) is 0 Å². The van der Waals surface area contributed by atoms with Crippen LogP contribution in [0.15, 0.2) is 18.2 Å². The highest BCUT2D eigenvalue weighted by Gasteiger charge is 2.27. The second-order valence-corrected chi connectivity index (χ2v) is 7.43. The predicted molar refractivity (Wildman–Crippen MR) is 104 cm³/mol. The number of H-pyrrole nitrogens is 1. The van der Waals surface area contributed by atoms with Crippen molar-refractivity contribution >= 4 is 41.4 Å². The van der Waals surface area contributed by atoms with Gasteiger partial charge in [0.15, 0.2) is 5.82 Å². The lowest BCUT2D eigenvalue weighted by Gasteiger charge is -2.31. The van der Waals surface area contributed by atoms with Crippen LogP contribution in [0.3, 0.4) is 0 Å². The van der Waals surface area contributed by atoms with Crippen LogP contribution in [-0.2, 0) is 16.2 Å². The van der Waals surface area contributed by atoms with Crippen LogP contribution in [0.25, 0.3) is 11.4 Å². The highest BCUT2D eigenvalue weighted by molar-refractivity contribution is 7.71. The average molecular weight is 415 g/mol. The van der Waals surface area contributed by atoms with Gasteiger partial charge in [-0.2, -0.15) is 4.98 Å². The molecule has 140 valence electrons. The number of nitrogens with zero attached hydrogens (tertiary/aromatic N) is 3. The molecule has 2 heterocycles. The first-order chi connectivity index (χ1) is 12.5. The molecule has 0 amide bonds. The Morgan fingerprint density at radius 1 is 1.46 bits per heavy atom. The summed E-state index contributed by atoms with van der Waals surface area (Å²) in [5, 5.41) is 4.26. The fourth-order valence-corrected chi connectivity index (χ4v) is 3.78. The molecule has 3 rings (SSSR count). The van der Waals surface area contributed by atoms with Gasteiger partial charge in [0.2, 0.25) is 4.77 Å². The Balaban J connectivity index is 1.73. The maximum Gasteiger partial charge on any atom is 0.310 e. The Morgan fingerprint density at radius 3 is 3.00 bits per heavy atom. The first-order valence-electron chi connectivity index (χ1n) is 8.49. The Bertz CT molecular complexity index is 852. The minimum Gasteiger partial charge on any atom is -0.466 e. The molecule has 0 unspecified atom stereocenters. The molecule has 1 N–H and O–H groups in total. The highest BCUT2D eigenvalue weighted by Crippen LogP contribution is 2.28. The van der Waals surface area contributed by atoms with Gasteiger partial charge >= 0.3 is 5.97 Å². The fourth-order valence-electron chi connectivity index (χ4n) is 3.09. The summed E-state index contributed by atoms with van der Waals surface area (Å²) in [7, 11) is 0. The number of aromatic nitrogens is 3. The third-order valence-corrected chi connectivity index (χ3v) is 5.19. The Hall–Kier alpha value is -1.41. The van der Waals surface area contributed by atoms with Crippen LogP contribution in [-0.4, -0.2) is 45.3 Å². The van der Waals surface area contributed by atoms with Crippen molar-refractivity contribution in [3.63, 3.8) is 0 Å². The summed E-state index contributed by atoms with van der Waals surface area (Å²) in [4.78, 5) is 18.6. The topological polar surface area (TPSA) is 63.1 Å². The molecule has 2 aromatic rings. The molecule has 9 heteroatoms. The van der Waals surface area contributed by atoms with Gasteiger partial charge in [-0.1, -0.05) is 23.2 Å². The number of benzene rings is 1. The number of ether oxygens (including phenoxy) is 1. The number of esters is 1. The SMILES string of the molecule is CCOC(=O)[C@@H]1CCCN(Cn2[nH]c(-c3ccc(Cl)cc3Cl)nc2=S)C1. The van der Waals surface area contributed by atoms with Gasteiger partial charge < -0.3 is 4.74 Å². The van der Waals surface area contributed by atoms with E-state index in [2.05, 4.69) is 15.0 Å². The number of rotatable bonds is 5. The van der Waals surface area contributed by atoms with Gasteiger partial charge in [-0.15, -0.1) is 0 Å². The Labute approximate surface area is 167 Å². The molecule has 1 aromatic heterocycles. The van der Waals surface area contributed by atoms with Crippen LogP contribution in [0, 0.1) is 10.7 Å². The largest absolute Gasteiger partial charge is 0.466 e. The van der Waals surface area contributed by atoms with Crippen molar-refractivity contribution < 1.29 is 9.53 Å². The van der Waals surface area contributed by atoms with Crippen molar-refractivity contribution in [3.05, 3.63) is 33.0 Å². The number of aromatic amines is 1. The summed E-state index contributed by atoms with van der Waals surface area (Å²) in [6, 6.07) is 5.23. The molecule has 1 aliphatic rings. The molecule has 1 atom stereocenters. The van der Waals surface area contributed by atoms with E-state index in [4.69, 9.17) is 40.2 Å². The summed E-state index contributed by atoms with van der Waals surface area (Å²) in [6.45, 7) is 4.31. The van der Waals surface area contributed by atoms with Crippen LogP contribution in [0.1, 0.15) is 19.8 Å². The molecular formula is C17H20Cl2N4O2S. The molecule has 1 saturated heterocycles. The number of hydrogen-bond acceptors (Lipinski definition) is 5. The van der Waals surface area contributed by atoms with E-state index < -0.39 is 0 Å². The van der Waals surface area contributed by atoms with Gasteiger partial charge in [0, 0.05) is 17.1 Å². The normalized spacial score (nSPS) is 18.0. The minimum absolute atomic E-state index is 0.0917. The maximum atomic E-state index is 12.0. The van der Waals surface area contributed by atoms with Gasteiger partial charge in [-0.05, 0) is 56.7 Å². The number of carbonyl (C=O) groups excluding carboxylic acids is 1. The minimum atomic E-state index is -0.126. The lowest BCUT2D eigenvalue weighted by Crippen LogP contribution is -2.40. The van der Waals surface area contributed by atoms with Crippen LogP contribution >= 0.6 is 35.4 Å². The molecular weight excluding hydrogens is 395 g/mol. The summed E-state index contributed by atoms with van der Waals surface area (Å²) >= 11 is 17.6. The molecule has 0 saturated carbocycles. The van der Waals surface area contributed by atoms with Gasteiger partial charge in [-0.25, -0.2) is 4.68 Å². The molecule has 1 fully saturated rings. The summed E-state index contributed by atoms with van der Waals surface area (Å²) in [5.74, 6) is 0.376. The second-order valence-electron chi connectivity index (χ2n) is 6.22. The monoisotopic (exact) mass is 414 g/mol. The van der Waals surface area contributed by atoms with E-state index in [1.807, 2.05) is 6.92 Å². The third kappa shape index (κ3) is 4.46. The van der Waals surface area contributed by atoms with Crippen molar-refractivity contribution in [2.24, 2.45) is 5.92 Å². The highest BCUT2D eigenvalue weighted by atomic mass is 35.5. The molecule has 0 bridgehead atoms. The third-order valence-electron chi connectivity index (χ3n) is 4.33. The van der Waals surface area contributed by atoms with Crippen molar-refractivity contribution in [1.82, 2.24) is 19.7 Å². The fraction of sp³-hybridized carbons (Fsp3) is 0.471. The molecule has 0 spiro atoms. The zero-order chi connectivity index (χ0) is 18.7. The van der Waals surface area contributed by atoms with Crippen molar-refractivity contribution in [2.75, 3.05) is 19.7 Å². The van der Waals surface area contributed by atoms with E-state index in [9.17, 15) is 4.79 Å². The quantitative estimate of drug-likeness (QED) is 0.587. The number of piperidine rings is 1. The molecule has 1 aromatic carbocycles. The molecule has 0 radical (unpaired) electrons. The standard InChI is InChI=1S/C17H20Cl2N4O2S/c1-2-25-16(24)11-4-3-7-22(9-11)10-23-17(26)20-15(21-23)13-6-5-12(18)8-14(13)19/h5-6,8,11H,2-4,7,9-10H2,1H3,(H,20,21,26)/t11-/m1/s1. The van der Waals surface area contributed by atoms with E-state index in [1.165, 1.54) is 0 Å². The number of likely N-dealkylation sites (tertiary alicyclic amines) is 1. The van der Waals surface area contributed by atoms with Crippen LogP contribution in [0.5, 0.6) is 0 Å². The van der Waals surface area contributed by atoms with Crippen molar-refractivity contribution in [2.45, 2.75) is 26.4 Å². The average Bonchev–Trinajstić information content (AvgIpc) is 2.95. The number of hydrogen-bond donors (Lipinski definition) is 1. The molecule has 26 heavy (non-hydrogen) atoms. The van der Waals surface area contributed by atoms with Crippen LogP contribution in [0.2, 0.25) is 10.0 Å². The Kier molecular flexibility index (Phi) is 6.34. The summed E-state index contributed by atoms with van der Waals surface area (Å²) in [6.07, 6.45) is 1.80. The van der Waals surface area contributed by atoms with E-state index in [0.29, 0.717) is 40.5 Å². The Morgan fingerprint density at radius 2 is 2.27 bits per heavy atom. The lowest BCUT2D eigenvalue weighted by molar-refractivity contribution is -0.150. The van der Waals surface area contributed by atoms with E-state index in [0.717, 1.165) is 24.9 Å². The first kappa shape index (κ1) is 19.4. The summed E-state index contributed by atoms with van der Waals surface area (Å²) < 4.78 is 7.37. The summed E-state index contributed by atoms with van der Waals surface area (Å²) in [5.41, 5.74) is 0.740. The van der Waals surface area contributed by atoms with E-state index in [-0.39, 0.29) is 11.9 Å². The smallest absolute Gasteiger partial charge is 0.310 e. The van der Waals surface area contributed by atoms with Crippen LogP contribution < -0.4 is 0 Å². The van der Waals surface area contributed by atoms with Gasteiger partial charge in [-0.3, -0.25) is 14.8 Å². The van der Waals surface area contributed by atoms with E-state index in [1.54, 1.807) is 22.9 Å². The molecule has 1 aliphatic heterocycles. The van der Waals surface area contributed by atoms with Gasteiger partial charge in [0.05, 0.1) is 24.2 Å².